The van der Waals surface area contributed by atoms with Crippen molar-refractivity contribution in [3.05, 3.63) is 59.8 Å². The number of ether oxygens (including phenoxy) is 1. The zero-order valence-electron chi connectivity index (χ0n) is 10.7. The van der Waals surface area contributed by atoms with Crippen LogP contribution in [-0.4, -0.2) is 17.6 Å². The predicted molar refractivity (Wildman–Crippen MR) is 71.1 cm³/mol. The van der Waals surface area contributed by atoms with Crippen LogP contribution in [0.25, 0.3) is 0 Å². The van der Waals surface area contributed by atoms with E-state index in [2.05, 4.69) is 0 Å². The summed E-state index contributed by atoms with van der Waals surface area (Å²) in [6.07, 6.45) is 7.20. The Labute approximate surface area is 107 Å². The maximum absolute atomic E-state index is 11.9. The molecule has 3 nitrogen and oxygen atoms in total. The second kappa shape index (κ2) is 5.54. The van der Waals surface area contributed by atoms with Crippen molar-refractivity contribution in [1.82, 2.24) is 4.90 Å². The van der Waals surface area contributed by atoms with Gasteiger partial charge >= 0.3 is 6.09 Å². The first kappa shape index (κ1) is 12.4. The van der Waals surface area contributed by atoms with Crippen LogP contribution in [0, 0.1) is 6.92 Å². The quantitative estimate of drug-likeness (QED) is 0.794. The van der Waals surface area contributed by atoms with E-state index in [0.29, 0.717) is 6.61 Å². The van der Waals surface area contributed by atoms with E-state index < -0.39 is 0 Å². The molecule has 1 unspecified atom stereocenters. The van der Waals surface area contributed by atoms with E-state index in [9.17, 15) is 4.79 Å². The van der Waals surface area contributed by atoms with Crippen LogP contribution in [0.5, 0.6) is 0 Å². The van der Waals surface area contributed by atoms with Gasteiger partial charge in [-0.25, -0.2) is 4.79 Å². The van der Waals surface area contributed by atoms with Crippen molar-refractivity contribution in [1.29, 1.82) is 0 Å². The molecule has 0 saturated carbocycles. The van der Waals surface area contributed by atoms with Gasteiger partial charge in [-0.2, -0.15) is 0 Å². The molecule has 0 saturated heterocycles. The Balaban J connectivity index is 2.24. The van der Waals surface area contributed by atoms with E-state index in [1.54, 1.807) is 11.1 Å². The summed E-state index contributed by atoms with van der Waals surface area (Å²) in [5.74, 6) is 0. The van der Waals surface area contributed by atoms with Crippen molar-refractivity contribution >= 4 is 6.09 Å². The minimum absolute atomic E-state index is 0.0883. The van der Waals surface area contributed by atoms with Gasteiger partial charge in [-0.1, -0.05) is 42.0 Å². The van der Waals surface area contributed by atoms with Gasteiger partial charge < -0.3 is 4.74 Å². The molecule has 1 aliphatic rings. The number of aryl methyl sites for hydroxylation is 1. The molecular weight excluding hydrogens is 226 g/mol. The Hall–Kier alpha value is -2.03. The minimum atomic E-state index is -0.316. The Morgan fingerprint density at radius 2 is 2.00 bits per heavy atom. The Morgan fingerprint density at radius 1 is 1.28 bits per heavy atom. The van der Waals surface area contributed by atoms with Crippen LogP contribution in [0.2, 0.25) is 0 Å². The van der Waals surface area contributed by atoms with Gasteiger partial charge in [-0.3, -0.25) is 4.90 Å². The molecule has 1 aliphatic heterocycles. The molecular formula is C15H17NO2. The van der Waals surface area contributed by atoms with Gasteiger partial charge in [0, 0.05) is 6.20 Å². The van der Waals surface area contributed by atoms with Gasteiger partial charge in [0.05, 0.1) is 12.6 Å². The fraction of sp³-hybridized carbons (Fsp3) is 0.267. The number of nitrogens with zero attached hydrogens (tertiary/aromatic N) is 1. The fourth-order valence-electron chi connectivity index (χ4n) is 1.91. The lowest BCUT2D eigenvalue weighted by Crippen LogP contribution is -2.31. The average molecular weight is 243 g/mol. The third-order valence-electron chi connectivity index (χ3n) is 2.85. The Morgan fingerprint density at radius 3 is 2.67 bits per heavy atom. The highest BCUT2D eigenvalue weighted by molar-refractivity contribution is 5.70. The maximum Gasteiger partial charge on any atom is 0.414 e. The summed E-state index contributed by atoms with van der Waals surface area (Å²) >= 11 is 0. The van der Waals surface area contributed by atoms with Crippen LogP contribution in [-0.2, 0) is 4.74 Å². The second-order valence-corrected chi connectivity index (χ2v) is 4.19. The number of carbonyl (C=O) groups excluding carboxylic acids is 1. The molecule has 1 amide bonds. The van der Waals surface area contributed by atoms with E-state index in [1.165, 1.54) is 5.56 Å². The molecule has 0 spiro atoms. The Kier molecular flexibility index (Phi) is 3.82. The molecule has 0 fully saturated rings. The van der Waals surface area contributed by atoms with Crippen LogP contribution in [0.1, 0.15) is 24.1 Å². The van der Waals surface area contributed by atoms with Gasteiger partial charge in [0.15, 0.2) is 0 Å². The molecule has 94 valence electrons. The summed E-state index contributed by atoms with van der Waals surface area (Å²) in [5.41, 5.74) is 2.28. The smallest absolute Gasteiger partial charge is 0.414 e. The number of amides is 1. The van der Waals surface area contributed by atoms with E-state index in [0.717, 1.165) is 5.56 Å². The lowest BCUT2D eigenvalue weighted by Gasteiger charge is -2.28. The maximum atomic E-state index is 11.9. The minimum Gasteiger partial charge on any atom is -0.449 e. The third kappa shape index (κ3) is 2.62. The number of hydrogen-bond acceptors (Lipinski definition) is 2. The summed E-state index contributed by atoms with van der Waals surface area (Å²) in [6.45, 7) is 4.24. The van der Waals surface area contributed by atoms with Gasteiger partial charge in [0.2, 0.25) is 0 Å². The first-order valence-electron chi connectivity index (χ1n) is 6.09. The summed E-state index contributed by atoms with van der Waals surface area (Å²) < 4.78 is 5.06. The average Bonchev–Trinajstić information content (AvgIpc) is 2.40. The fourth-order valence-corrected chi connectivity index (χ4v) is 1.91. The first-order chi connectivity index (χ1) is 8.72. The zero-order chi connectivity index (χ0) is 13.0. The van der Waals surface area contributed by atoms with Gasteiger partial charge in [-0.15, -0.1) is 0 Å². The molecule has 1 heterocycles. The van der Waals surface area contributed by atoms with Crippen molar-refractivity contribution in [2.45, 2.75) is 19.9 Å². The zero-order valence-corrected chi connectivity index (χ0v) is 10.7. The van der Waals surface area contributed by atoms with Gasteiger partial charge in [0.1, 0.15) is 0 Å². The molecule has 1 aromatic carbocycles. The summed E-state index contributed by atoms with van der Waals surface area (Å²) in [6, 6.07) is 8.08. The van der Waals surface area contributed by atoms with Crippen LogP contribution >= 0.6 is 0 Å². The first-order valence-corrected chi connectivity index (χ1v) is 6.09. The second-order valence-electron chi connectivity index (χ2n) is 4.19. The van der Waals surface area contributed by atoms with Crippen LogP contribution in [0.3, 0.4) is 0 Å². The number of carbonyl (C=O) groups is 1. The van der Waals surface area contributed by atoms with Crippen molar-refractivity contribution in [3.63, 3.8) is 0 Å². The number of allylic oxidation sites excluding steroid dienone is 2. The third-order valence-corrected chi connectivity index (χ3v) is 2.85. The topological polar surface area (TPSA) is 29.5 Å². The molecule has 0 bridgehead atoms. The highest BCUT2D eigenvalue weighted by Crippen LogP contribution is 2.26. The Bertz CT molecular complexity index is 474. The molecule has 1 aromatic rings. The molecule has 1 atom stereocenters. The molecule has 0 radical (unpaired) electrons. The normalized spacial score (nSPS) is 17.9. The summed E-state index contributed by atoms with van der Waals surface area (Å²) in [7, 11) is 0. The number of rotatable bonds is 2. The molecule has 0 N–H and O–H groups in total. The van der Waals surface area contributed by atoms with Crippen molar-refractivity contribution in [3.8, 4) is 0 Å². The van der Waals surface area contributed by atoms with E-state index in [-0.39, 0.29) is 12.1 Å². The van der Waals surface area contributed by atoms with E-state index >= 15 is 0 Å². The molecule has 0 aliphatic carbocycles. The summed E-state index contributed by atoms with van der Waals surface area (Å²) in [4.78, 5) is 13.5. The molecule has 18 heavy (non-hydrogen) atoms. The van der Waals surface area contributed by atoms with Crippen molar-refractivity contribution in [2.24, 2.45) is 0 Å². The lowest BCUT2D eigenvalue weighted by molar-refractivity contribution is 0.115. The summed E-state index contributed by atoms with van der Waals surface area (Å²) in [5, 5.41) is 0. The van der Waals surface area contributed by atoms with E-state index in [1.807, 2.05) is 56.3 Å². The highest BCUT2D eigenvalue weighted by Gasteiger charge is 2.23. The van der Waals surface area contributed by atoms with Crippen LogP contribution in [0.4, 0.5) is 4.79 Å². The van der Waals surface area contributed by atoms with Gasteiger partial charge in [-0.05, 0) is 25.5 Å². The van der Waals surface area contributed by atoms with Crippen LogP contribution < -0.4 is 0 Å². The lowest BCUT2D eigenvalue weighted by atomic mass is 10.0. The highest BCUT2D eigenvalue weighted by atomic mass is 16.6. The number of benzene rings is 1. The van der Waals surface area contributed by atoms with Crippen molar-refractivity contribution < 1.29 is 9.53 Å². The van der Waals surface area contributed by atoms with E-state index in [4.69, 9.17) is 4.74 Å². The largest absolute Gasteiger partial charge is 0.449 e. The predicted octanol–water partition coefficient (Wildman–Crippen LogP) is 3.58. The molecule has 2 rings (SSSR count). The standard InChI is InChI=1S/C15H17NO2/c1-3-18-15(17)16-11-5-4-6-14(16)13-9-7-12(2)8-10-13/h4-11,14H,3H2,1-2H3. The SMILES string of the molecule is CCOC(=O)N1C=CC=CC1c1ccc(C)cc1. The monoisotopic (exact) mass is 243 g/mol. The number of hydrogen-bond donors (Lipinski definition) is 0. The molecule has 3 heteroatoms. The van der Waals surface area contributed by atoms with Crippen LogP contribution in [0.15, 0.2) is 48.7 Å². The molecule has 0 aromatic heterocycles. The van der Waals surface area contributed by atoms with Gasteiger partial charge in [0.25, 0.3) is 0 Å². The van der Waals surface area contributed by atoms with Crippen molar-refractivity contribution in [2.75, 3.05) is 6.61 Å².